The van der Waals surface area contributed by atoms with Gasteiger partial charge in [-0.3, -0.25) is 0 Å². The van der Waals surface area contributed by atoms with Crippen LogP contribution in [-0.2, 0) is 10.0 Å². The van der Waals surface area contributed by atoms with Gasteiger partial charge < -0.3 is 4.74 Å². The number of para-hydroxylation sites is 1. The van der Waals surface area contributed by atoms with Crippen molar-refractivity contribution in [3.8, 4) is 11.5 Å². The zero-order valence-electron chi connectivity index (χ0n) is 12.7. The molecular weight excluding hydrogens is 368 g/mol. The van der Waals surface area contributed by atoms with Gasteiger partial charge in [0.15, 0.2) is 0 Å². The SMILES string of the molecule is O=S(=O)(N[C@H]1CN(Cl)C[C@@H]1S)c1ccc(Oc2ccccc2)cc1. The fourth-order valence-corrected chi connectivity index (χ4v) is 4.56. The van der Waals surface area contributed by atoms with E-state index >= 15 is 0 Å². The van der Waals surface area contributed by atoms with Crippen LogP contribution in [-0.4, -0.2) is 37.2 Å². The molecule has 0 aromatic heterocycles. The Kier molecular flexibility index (Phi) is 5.36. The van der Waals surface area contributed by atoms with Crippen LogP contribution >= 0.6 is 24.4 Å². The smallest absolute Gasteiger partial charge is 0.240 e. The van der Waals surface area contributed by atoms with Crippen LogP contribution in [0.1, 0.15) is 0 Å². The van der Waals surface area contributed by atoms with Gasteiger partial charge >= 0.3 is 0 Å². The first-order valence-electron chi connectivity index (χ1n) is 7.38. The number of rotatable bonds is 5. The lowest BCUT2D eigenvalue weighted by atomic mass is 10.3. The van der Waals surface area contributed by atoms with E-state index in [0.29, 0.717) is 24.6 Å². The van der Waals surface area contributed by atoms with Crippen LogP contribution in [0.15, 0.2) is 59.5 Å². The summed E-state index contributed by atoms with van der Waals surface area (Å²) in [6, 6.07) is 15.3. The van der Waals surface area contributed by atoms with Crippen LogP contribution in [0, 0.1) is 0 Å². The summed E-state index contributed by atoms with van der Waals surface area (Å²) in [6.45, 7) is 0.950. The highest BCUT2D eigenvalue weighted by molar-refractivity contribution is 7.89. The molecular formula is C16H17ClN2O3S2. The standard InChI is InChI=1S/C16H17ClN2O3S2/c17-19-10-15(16(23)11-19)18-24(20,21)14-8-6-13(7-9-14)22-12-4-2-1-3-5-12/h1-9,15-16,18,23H,10-11H2/t15-,16-/m0/s1. The van der Waals surface area contributed by atoms with Gasteiger partial charge in [0.1, 0.15) is 11.5 Å². The van der Waals surface area contributed by atoms with E-state index in [2.05, 4.69) is 17.4 Å². The minimum absolute atomic E-state index is 0.141. The molecule has 1 aliphatic heterocycles. The van der Waals surface area contributed by atoms with E-state index in [1.54, 1.807) is 12.1 Å². The maximum atomic E-state index is 12.5. The van der Waals surface area contributed by atoms with Gasteiger partial charge in [0.2, 0.25) is 10.0 Å². The lowest BCUT2D eigenvalue weighted by Gasteiger charge is -2.16. The molecule has 2 aromatic rings. The third-order valence-corrected chi connectivity index (χ3v) is 5.97. The number of nitrogens with one attached hydrogen (secondary N) is 1. The van der Waals surface area contributed by atoms with Crippen molar-refractivity contribution in [1.29, 1.82) is 0 Å². The molecule has 0 spiro atoms. The summed E-state index contributed by atoms with van der Waals surface area (Å²) in [6.07, 6.45) is 0. The van der Waals surface area contributed by atoms with E-state index < -0.39 is 10.0 Å². The molecule has 0 unspecified atom stereocenters. The number of halogens is 1. The Labute approximate surface area is 152 Å². The summed E-state index contributed by atoms with van der Waals surface area (Å²) in [4.78, 5) is 0.177. The summed E-state index contributed by atoms with van der Waals surface area (Å²) in [5, 5.41) is -0.141. The molecule has 0 bridgehead atoms. The number of sulfonamides is 1. The second-order valence-corrected chi connectivity index (χ2v) is 8.36. The fraction of sp³-hybridized carbons (Fsp3) is 0.250. The highest BCUT2D eigenvalue weighted by atomic mass is 35.5. The van der Waals surface area contributed by atoms with Crippen molar-refractivity contribution in [2.45, 2.75) is 16.2 Å². The van der Waals surface area contributed by atoms with Crippen LogP contribution in [0.5, 0.6) is 11.5 Å². The van der Waals surface area contributed by atoms with Crippen molar-refractivity contribution < 1.29 is 13.2 Å². The maximum absolute atomic E-state index is 12.5. The van der Waals surface area contributed by atoms with Gasteiger partial charge in [0, 0.05) is 24.4 Å². The quantitative estimate of drug-likeness (QED) is 0.614. The highest BCUT2D eigenvalue weighted by Crippen LogP contribution is 2.24. The third-order valence-electron chi connectivity index (χ3n) is 3.66. The molecule has 1 fully saturated rings. The van der Waals surface area contributed by atoms with Crippen molar-refractivity contribution in [2.75, 3.05) is 13.1 Å². The molecule has 5 nitrogen and oxygen atoms in total. The fourth-order valence-electron chi connectivity index (χ4n) is 2.43. The monoisotopic (exact) mass is 384 g/mol. The lowest BCUT2D eigenvalue weighted by Crippen LogP contribution is -2.40. The predicted octanol–water partition coefficient (Wildman–Crippen LogP) is 2.89. The second kappa shape index (κ2) is 7.33. The summed E-state index contributed by atoms with van der Waals surface area (Å²) in [5.74, 6) is 1.26. The Bertz CT molecular complexity index is 785. The molecule has 0 radical (unpaired) electrons. The Morgan fingerprint density at radius 1 is 1.04 bits per heavy atom. The van der Waals surface area contributed by atoms with E-state index in [1.807, 2.05) is 30.3 Å². The molecule has 0 amide bonds. The Morgan fingerprint density at radius 3 is 2.25 bits per heavy atom. The van der Waals surface area contributed by atoms with Crippen molar-refractivity contribution >= 4 is 34.4 Å². The van der Waals surface area contributed by atoms with E-state index in [9.17, 15) is 8.42 Å². The minimum atomic E-state index is -3.63. The molecule has 0 saturated carbocycles. The largest absolute Gasteiger partial charge is 0.457 e. The number of thiol groups is 1. The Balaban J connectivity index is 1.70. The summed E-state index contributed by atoms with van der Waals surface area (Å²) in [5.41, 5.74) is 0. The first-order valence-corrected chi connectivity index (χ1v) is 9.72. The third kappa shape index (κ3) is 4.23. The van der Waals surface area contributed by atoms with Crippen LogP contribution in [0.4, 0.5) is 0 Å². The van der Waals surface area contributed by atoms with Crippen molar-refractivity contribution in [1.82, 2.24) is 9.14 Å². The van der Waals surface area contributed by atoms with Gasteiger partial charge in [-0.25, -0.2) is 17.6 Å². The zero-order valence-corrected chi connectivity index (χ0v) is 15.1. The average Bonchev–Trinajstić information content (AvgIpc) is 2.86. The zero-order chi connectivity index (χ0) is 17.2. The minimum Gasteiger partial charge on any atom is -0.457 e. The number of hydrogen-bond donors (Lipinski definition) is 2. The lowest BCUT2D eigenvalue weighted by molar-refractivity contribution is 0.482. The molecule has 24 heavy (non-hydrogen) atoms. The number of hydrogen-bond acceptors (Lipinski definition) is 5. The van der Waals surface area contributed by atoms with Crippen LogP contribution in [0.2, 0.25) is 0 Å². The first kappa shape index (κ1) is 17.6. The molecule has 3 rings (SSSR count). The normalized spacial score (nSPS) is 21.8. The van der Waals surface area contributed by atoms with Crippen molar-refractivity contribution in [3.63, 3.8) is 0 Å². The van der Waals surface area contributed by atoms with E-state index in [1.165, 1.54) is 16.6 Å². The number of benzene rings is 2. The van der Waals surface area contributed by atoms with E-state index in [0.717, 1.165) is 0 Å². The van der Waals surface area contributed by atoms with E-state index in [-0.39, 0.29) is 16.2 Å². The summed E-state index contributed by atoms with van der Waals surface area (Å²) >= 11 is 10.3. The molecule has 0 aliphatic carbocycles. The van der Waals surface area contributed by atoms with E-state index in [4.69, 9.17) is 16.5 Å². The highest BCUT2D eigenvalue weighted by Gasteiger charge is 2.33. The molecule has 8 heteroatoms. The molecule has 2 aromatic carbocycles. The van der Waals surface area contributed by atoms with Gasteiger partial charge in [0.25, 0.3) is 0 Å². The molecule has 2 atom stereocenters. The number of nitrogens with zero attached hydrogens (tertiary/aromatic N) is 1. The Hall–Kier alpha value is -1.25. The molecule has 1 heterocycles. The van der Waals surface area contributed by atoms with Crippen LogP contribution < -0.4 is 9.46 Å². The Morgan fingerprint density at radius 2 is 1.67 bits per heavy atom. The van der Waals surface area contributed by atoms with Gasteiger partial charge in [-0.2, -0.15) is 12.6 Å². The van der Waals surface area contributed by atoms with Crippen LogP contribution in [0.25, 0.3) is 0 Å². The van der Waals surface area contributed by atoms with Crippen molar-refractivity contribution in [3.05, 3.63) is 54.6 Å². The molecule has 128 valence electrons. The second-order valence-electron chi connectivity index (χ2n) is 5.51. The van der Waals surface area contributed by atoms with Crippen molar-refractivity contribution in [2.24, 2.45) is 0 Å². The van der Waals surface area contributed by atoms with Crippen LogP contribution in [0.3, 0.4) is 0 Å². The average molecular weight is 385 g/mol. The molecule has 1 N–H and O–H groups in total. The summed E-state index contributed by atoms with van der Waals surface area (Å²) < 4.78 is 34.8. The topological polar surface area (TPSA) is 58.6 Å². The van der Waals surface area contributed by atoms with Gasteiger partial charge in [-0.05, 0) is 48.2 Å². The molecule has 1 saturated heterocycles. The predicted molar refractivity (Wildman–Crippen MR) is 97.3 cm³/mol. The van der Waals surface area contributed by atoms with Gasteiger partial charge in [-0.15, -0.1) is 0 Å². The number of ether oxygens (including phenoxy) is 1. The van der Waals surface area contributed by atoms with Gasteiger partial charge in [-0.1, -0.05) is 18.2 Å². The summed E-state index contributed by atoms with van der Waals surface area (Å²) in [7, 11) is -3.63. The van der Waals surface area contributed by atoms with Gasteiger partial charge in [0.05, 0.1) is 4.90 Å². The molecule has 1 aliphatic rings. The first-order chi connectivity index (χ1) is 11.4. The maximum Gasteiger partial charge on any atom is 0.240 e.